The Labute approximate surface area is 617 Å². The van der Waals surface area contributed by atoms with Crippen molar-refractivity contribution < 1.29 is 82.7 Å². The first-order valence-electron chi connectivity index (χ1n) is 34.9. The third kappa shape index (κ3) is 16.6. The minimum Gasteiger partial charge on any atom is -0.493 e. The van der Waals surface area contributed by atoms with Gasteiger partial charge in [-0.25, -0.2) is 22.0 Å². The molecule has 0 unspecified atom stereocenters. The van der Waals surface area contributed by atoms with E-state index >= 15 is 0 Å². The second-order valence-electron chi connectivity index (χ2n) is 27.5. The summed E-state index contributed by atoms with van der Waals surface area (Å²) in [5, 5.41) is 0. The lowest BCUT2D eigenvalue weighted by atomic mass is 10.0. The minimum absolute atomic E-state index is 0.0842. The van der Waals surface area contributed by atoms with E-state index in [4.69, 9.17) is 37.9 Å². The third-order valence-electron chi connectivity index (χ3n) is 18.7. The van der Waals surface area contributed by atoms with Crippen molar-refractivity contribution in [3.8, 4) is 46.0 Å². The van der Waals surface area contributed by atoms with Crippen molar-refractivity contribution in [2.45, 2.75) is 104 Å². The molecule has 13 nitrogen and oxygen atoms in total. The molecule has 18 heteroatoms. The summed E-state index contributed by atoms with van der Waals surface area (Å²) in [5.74, 6) is -3.56. The van der Waals surface area contributed by atoms with Crippen LogP contribution in [-0.2, 0) is 0 Å². The molecule has 5 aliphatic heterocycles. The van der Waals surface area contributed by atoms with Crippen molar-refractivity contribution in [1.82, 2.24) is 0 Å². The van der Waals surface area contributed by atoms with Gasteiger partial charge in [-0.2, -0.15) is 22.9 Å². The summed E-state index contributed by atoms with van der Waals surface area (Å²) in [5.41, 5.74) is 26.7. The van der Waals surface area contributed by atoms with Crippen LogP contribution in [0, 0.1) is 133 Å². The van der Waals surface area contributed by atoms with E-state index < -0.39 is 34.6 Å². The zero-order valence-electron chi connectivity index (χ0n) is 63.5. The van der Waals surface area contributed by atoms with Crippen LogP contribution >= 0.6 is 0 Å². The minimum atomic E-state index is -2.18. The summed E-state index contributed by atoms with van der Waals surface area (Å²) in [6.07, 6.45) is 9.42. The molecule has 0 aromatic heterocycles. The zero-order valence-corrected chi connectivity index (χ0v) is 63.5. The molecule has 546 valence electrons. The Balaban J connectivity index is 0.000000133. The maximum absolute atomic E-state index is 13.8. The van der Waals surface area contributed by atoms with Gasteiger partial charge in [-0.3, -0.25) is 0 Å². The first-order chi connectivity index (χ1) is 50.6. The largest absolute Gasteiger partial charge is 0.493 e. The van der Waals surface area contributed by atoms with E-state index in [1.807, 2.05) is 49.5 Å². The molecule has 5 heterocycles. The maximum Gasteiger partial charge on any atom is 0.293 e. The van der Waals surface area contributed by atoms with Gasteiger partial charge in [-0.15, -0.1) is 0 Å². The fraction of sp³-hybridized carbons (Fsp3) is 0.261. The van der Waals surface area contributed by atoms with Gasteiger partial charge in [0.05, 0.1) is 21.3 Å². The lowest BCUT2D eigenvalue weighted by Crippen LogP contribution is -2.13. The summed E-state index contributed by atoms with van der Waals surface area (Å²) in [6.45, 7) is 33.4. The van der Waals surface area contributed by atoms with E-state index in [1.54, 1.807) is 34.3 Å². The van der Waals surface area contributed by atoms with Gasteiger partial charge < -0.3 is 37.9 Å². The number of methoxy groups -OCH3 is 3. The summed E-state index contributed by atoms with van der Waals surface area (Å²) in [7, 11) is 4.82. The maximum atomic E-state index is 13.8. The van der Waals surface area contributed by atoms with Crippen molar-refractivity contribution in [2.24, 2.45) is 0 Å². The molecular weight excluding hydrogens is 1350 g/mol. The van der Waals surface area contributed by atoms with E-state index in [0.717, 1.165) is 62.8 Å². The quantitative estimate of drug-likeness (QED) is 0.0643. The number of fused-ring (bicyclic) bond motifs is 5. The van der Waals surface area contributed by atoms with Crippen molar-refractivity contribution in [2.75, 3.05) is 55.0 Å². The van der Waals surface area contributed by atoms with Gasteiger partial charge in [0.25, 0.3) is 62.1 Å². The van der Waals surface area contributed by atoms with Crippen LogP contribution in [0.15, 0.2) is 133 Å². The van der Waals surface area contributed by atoms with Crippen LogP contribution in [0.2, 0.25) is 0 Å². The Kier molecular flexibility index (Phi) is 23.1. The summed E-state index contributed by atoms with van der Waals surface area (Å²) in [4.78, 5) is 0. The predicted molar refractivity (Wildman–Crippen MR) is 408 cm³/mol. The lowest BCUT2D eigenvalue weighted by molar-refractivity contribution is -0.453. The molecule has 0 amide bonds. The molecule has 0 radical (unpaired) electrons. The van der Waals surface area contributed by atoms with Crippen LogP contribution in [0.3, 0.4) is 0 Å². The molecule has 5 aliphatic rings. The van der Waals surface area contributed by atoms with Crippen molar-refractivity contribution in [3.05, 3.63) is 274 Å². The summed E-state index contributed by atoms with van der Waals surface area (Å²) in [6, 6.07) is 46.0. The topological polar surface area (TPSA) is 88.9 Å². The second kappa shape index (κ2) is 32.3. The molecule has 0 saturated heterocycles. The molecule has 106 heavy (non-hydrogen) atoms. The monoisotopic (exact) mass is 1440 g/mol. The molecule has 0 saturated carbocycles. The number of rotatable bonds is 8. The van der Waals surface area contributed by atoms with Crippen molar-refractivity contribution >= 4 is 59.5 Å². The highest BCUT2D eigenvalue weighted by Gasteiger charge is 2.34. The van der Waals surface area contributed by atoms with Gasteiger partial charge in [0.2, 0.25) is 40.3 Å². The number of benzene rings is 10. The Morgan fingerprint density at radius 1 is 0.283 bits per heavy atom. The van der Waals surface area contributed by atoms with Crippen LogP contribution in [0.25, 0.3) is 0 Å². The lowest BCUT2D eigenvalue weighted by Gasteiger charge is -2.12. The molecule has 10 aromatic carbocycles. The fourth-order valence-electron chi connectivity index (χ4n) is 13.8. The number of ether oxygens (including phenoxy) is 8. The number of aryl methyl sites for hydroxylation is 15. The molecule has 0 bridgehead atoms. The molecule has 0 spiro atoms. The van der Waals surface area contributed by atoms with E-state index in [-0.39, 0.29) is 6.73 Å². The Bertz CT molecular complexity index is 5200. The van der Waals surface area contributed by atoms with Gasteiger partial charge in [0.1, 0.15) is 5.56 Å². The molecule has 0 aliphatic carbocycles. The van der Waals surface area contributed by atoms with Crippen LogP contribution in [0.1, 0.15) is 111 Å². The molecule has 0 N–H and O–H groups in total. The highest BCUT2D eigenvalue weighted by Crippen LogP contribution is 2.43. The smallest absolute Gasteiger partial charge is 0.293 e. The van der Waals surface area contributed by atoms with Crippen LogP contribution in [0.4, 0.5) is 50.4 Å². The van der Waals surface area contributed by atoms with Crippen LogP contribution in [-0.4, -0.2) is 109 Å². The third-order valence-corrected chi connectivity index (χ3v) is 18.7. The first-order valence-corrected chi connectivity index (χ1v) is 34.9. The van der Waals surface area contributed by atoms with E-state index in [9.17, 15) is 22.0 Å². The molecule has 15 rings (SSSR count). The van der Waals surface area contributed by atoms with E-state index in [1.165, 1.54) is 99.4 Å². The summed E-state index contributed by atoms with van der Waals surface area (Å²) >= 11 is 0. The number of halogens is 5. The molecular formula is C88H91F5N5O8+5. The second-order valence-corrected chi connectivity index (χ2v) is 27.5. The van der Waals surface area contributed by atoms with Crippen LogP contribution in [0.5, 0.6) is 46.0 Å². The Morgan fingerprint density at radius 3 is 0.953 bits per heavy atom. The van der Waals surface area contributed by atoms with Gasteiger partial charge in [-0.05, 0) is 207 Å². The van der Waals surface area contributed by atoms with Gasteiger partial charge >= 0.3 is 0 Å². The highest BCUT2D eigenvalue weighted by atomic mass is 19.2. The zero-order chi connectivity index (χ0) is 76.1. The van der Waals surface area contributed by atoms with Gasteiger partial charge in [-0.1, -0.05) is 83.9 Å². The van der Waals surface area contributed by atoms with E-state index in [2.05, 4.69) is 218 Å². The Hall–Kier alpha value is -11.4. The Morgan fingerprint density at radius 2 is 0.594 bits per heavy atom. The molecule has 0 fully saturated rings. The normalized spacial score (nSPS) is 15.0. The van der Waals surface area contributed by atoms with Gasteiger partial charge in [0.15, 0.2) is 65.8 Å². The van der Waals surface area contributed by atoms with E-state index in [0.29, 0.717) is 55.6 Å². The summed E-state index contributed by atoms with van der Waals surface area (Å²) < 4.78 is 122. The molecule has 10 aromatic rings. The SMILES string of the molecule is COc1cc(/C=[N+]2/COc3c(C)cc(C)cc32)cc(OC)c1OC.Cc1cc(C)c(/C=[N+]2/COc3c(C)cc(C)cc32)c(C)c1.Cc1cc(C)c2c(c1)/[N+](=C\c1c(F)c(F)c(F)c(F)c1F)CO2.Cc1cc(C)c2c(c1)/[N+](=C\c1ccccc1)CO2.Cc1ccc(C)c(/C=[N+]2/COc3c(C)cc(C)cc32)c1. The fourth-order valence-corrected chi connectivity index (χ4v) is 13.8. The average molecular weight is 1440 g/mol. The highest BCUT2D eigenvalue weighted by molar-refractivity contribution is 5.84. The average Bonchev–Trinajstić information content (AvgIpc) is 1.50. The van der Waals surface area contributed by atoms with Crippen molar-refractivity contribution in [3.63, 3.8) is 0 Å². The van der Waals surface area contributed by atoms with Crippen LogP contribution < -0.4 is 37.9 Å². The predicted octanol–water partition coefficient (Wildman–Crippen LogP) is 19.3. The standard InChI is InChI=1S/C19H22NO4.C19H22NO.C18H20NO.C16H11F5NO.C16H16NO/c1-12-6-13(2)18-15(7-12)20(11-24-18)10-14-8-16(21-3)19(23-5)17(9-14)22-4;1-12-6-14(3)17(15(4)7-12)10-20-11-21-19-16(5)8-13(2)9-18(19)20;1-12-5-6-14(3)16(8-12)10-19-11-20-18-15(4)7-13(2)9-17(18)19;1-7-3-8(2)16-10(4-7)22(6-23-16)5-9-11(17)13(19)15(21)14(20)12(9)18;1-12-8-13(2)16-15(9-12)17(11-18-16)10-14-6-4-3-5-7-14/h6-10H,11H2,1-5H3;6-10H,11H2,1-5H3;5-10H,11H2,1-4H3;3-5H,6H2,1-2H3;3-10H,11H2,1-2H3/q5*+1/b2*20-10-;19-10-;22-5-;17-10-. The van der Waals surface area contributed by atoms with Crippen molar-refractivity contribution in [1.29, 1.82) is 0 Å². The molecule has 0 atom stereocenters. The number of hydrogen-bond donors (Lipinski definition) is 0. The first kappa shape index (κ1) is 75.7. The van der Waals surface area contributed by atoms with Gasteiger partial charge in [0, 0.05) is 52.6 Å². The number of hydrogen-bond acceptors (Lipinski definition) is 8. The number of nitrogens with zero attached hydrogens (tertiary/aromatic N) is 5.